The van der Waals surface area contributed by atoms with Gasteiger partial charge in [0, 0.05) is 19.1 Å². The lowest BCUT2D eigenvalue weighted by Gasteiger charge is -2.21. The van der Waals surface area contributed by atoms with Gasteiger partial charge >= 0.3 is 0 Å². The number of rotatable bonds is 11. The Kier molecular flexibility index (Phi) is 12.0. The highest BCUT2D eigenvalue weighted by molar-refractivity contribution is 14.0. The van der Waals surface area contributed by atoms with Gasteiger partial charge in [-0.15, -0.1) is 24.0 Å². The Morgan fingerprint density at radius 2 is 1.89 bits per heavy atom. The Bertz CT molecular complexity index is 530. The van der Waals surface area contributed by atoms with Crippen molar-refractivity contribution in [2.24, 2.45) is 10.9 Å². The van der Waals surface area contributed by atoms with Crippen molar-refractivity contribution in [3.05, 3.63) is 35.9 Å². The smallest absolute Gasteiger partial charge is 0.191 e. The van der Waals surface area contributed by atoms with Crippen LogP contribution in [0.1, 0.15) is 58.4 Å². The fourth-order valence-corrected chi connectivity index (χ4v) is 3.55. The summed E-state index contributed by atoms with van der Waals surface area (Å²) in [6.07, 6.45) is 3.68. The number of benzene rings is 1. The standard InChI is InChI=1S/C22H38N4.HI/c1-5-23-22(25-18(4)12-11-15-26(6-2)7-3)24-17-20-16-21(20)19-13-9-8-10-14-19;/h8-10,13-14,18,20-21H,5-7,11-12,15-17H2,1-4H3,(H2,23,24,25);1H. The summed E-state index contributed by atoms with van der Waals surface area (Å²) < 4.78 is 0. The zero-order valence-electron chi connectivity index (χ0n) is 17.6. The molecule has 0 saturated heterocycles. The molecule has 27 heavy (non-hydrogen) atoms. The maximum absolute atomic E-state index is 4.85. The molecule has 154 valence electrons. The number of halogens is 1. The van der Waals surface area contributed by atoms with Crippen LogP contribution in [-0.4, -0.2) is 49.6 Å². The van der Waals surface area contributed by atoms with Crippen molar-refractivity contribution in [3.63, 3.8) is 0 Å². The van der Waals surface area contributed by atoms with Crippen LogP contribution in [-0.2, 0) is 0 Å². The molecule has 2 N–H and O–H groups in total. The van der Waals surface area contributed by atoms with Crippen LogP contribution in [0, 0.1) is 5.92 Å². The average molecular weight is 486 g/mol. The van der Waals surface area contributed by atoms with Crippen LogP contribution >= 0.6 is 24.0 Å². The van der Waals surface area contributed by atoms with Gasteiger partial charge in [-0.3, -0.25) is 4.99 Å². The summed E-state index contributed by atoms with van der Waals surface area (Å²) >= 11 is 0. The lowest BCUT2D eigenvalue weighted by Crippen LogP contribution is -2.42. The van der Waals surface area contributed by atoms with Gasteiger partial charge in [0.05, 0.1) is 0 Å². The first-order chi connectivity index (χ1) is 12.7. The summed E-state index contributed by atoms with van der Waals surface area (Å²) in [5.74, 6) is 2.38. The normalized spacial score (nSPS) is 20.1. The first kappa shape index (κ1) is 24.2. The minimum atomic E-state index is 0. The van der Waals surface area contributed by atoms with Crippen molar-refractivity contribution >= 4 is 29.9 Å². The molecule has 1 aliphatic carbocycles. The van der Waals surface area contributed by atoms with Crippen LogP contribution < -0.4 is 10.6 Å². The Labute approximate surface area is 183 Å². The first-order valence-electron chi connectivity index (χ1n) is 10.5. The minimum Gasteiger partial charge on any atom is -0.357 e. The number of aliphatic imine (C=N–C) groups is 1. The monoisotopic (exact) mass is 486 g/mol. The molecule has 0 aromatic heterocycles. The van der Waals surface area contributed by atoms with E-state index in [1.165, 1.54) is 31.4 Å². The lowest BCUT2D eigenvalue weighted by atomic mass is 10.1. The molecule has 1 aromatic carbocycles. The molecule has 0 radical (unpaired) electrons. The molecule has 0 amide bonds. The van der Waals surface area contributed by atoms with E-state index in [-0.39, 0.29) is 24.0 Å². The highest BCUT2D eigenvalue weighted by Gasteiger charge is 2.37. The summed E-state index contributed by atoms with van der Waals surface area (Å²) in [4.78, 5) is 7.34. The number of hydrogen-bond acceptors (Lipinski definition) is 2. The average Bonchev–Trinajstić information content (AvgIpc) is 3.44. The quantitative estimate of drug-likeness (QED) is 0.276. The Morgan fingerprint density at radius 3 is 2.52 bits per heavy atom. The van der Waals surface area contributed by atoms with Crippen molar-refractivity contribution in [1.82, 2.24) is 15.5 Å². The lowest BCUT2D eigenvalue weighted by molar-refractivity contribution is 0.292. The van der Waals surface area contributed by atoms with E-state index in [0.717, 1.165) is 32.1 Å². The van der Waals surface area contributed by atoms with E-state index in [2.05, 4.69) is 73.6 Å². The fraction of sp³-hybridized carbons (Fsp3) is 0.682. The summed E-state index contributed by atoms with van der Waals surface area (Å²) in [7, 11) is 0. The van der Waals surface area contributed by atoms with E-state index in [1.54, 1.807) is 0 Å². The fourth-order valence-electron chi connectivity index (χ4n) is 3.55. The van der Waals surface area contributed by atoms with Gasteiger partial charge in [0.15, 0.2) is 5.96 Å². The third-order valence-electron chi connectivity index (χ3n) is 5.37. The molecule has 0 bridgehead atoms. The maximum atomic E-state index is 4.85. The van der Waals surface area contributed by atoms with Crippen LogP contribution in [0.3, 0.4) is 0 Å². The third kappa shape index (κ3) is 8.81. The second-order valence-electron chi connectivity index (χ2n) is 7.45. The molecule has 3 atom stereocenters. The minimum absolute atomic E-state index is 0. The molecule has 1 aromatic rings. The van der Waals surface area contributed by atoms with Gasteiger partial charge in [-0.2, -0.15) is 0 Å². The summed E-state index contributed by atoms with van der Waals surface area (Å²) in [6, 6.07) is 11.3. The number of nitrogens with one attached hydrogen (secondary N) is 2. The van der Waals surface area contributed by atoms with Gasteiger partial charge < -0.3 is 15.5 Å². The van der Waals surface area contributed by atoms with Gasteiger partial charge in [0.1, 0.15) is 0 Å². The largest absolute Gasteiger partial charge is 0.357 e. The van der Waals surface area contributed by atoms with Crippen molar-refractivity contribution in [2.75, 3.05) is 32.7 Å². The summed E-state index contributed by atoms with van der Waals surface area (Å²) in [6.45, 7) is 14.2. The first-order valence-corrected chi connectivity index (χ1v) is 10.5. The molecule has 1 aliphatic rings. The van der Waals surface area contributed by atoms with Crippen LogP contribution in [0.5, 0.6) is 0 Å². The summed E-state index contributed by atoms with van der Waals surface area (Å²) in [5, 5.41) is 6.99. The van der Waals surface area contributed by atoms with E-state index < -0.39 is 0 Å². The van der Waals surface area contributed by atoms with E-state index >= 15 is 0 Å². The van der Waals surface area contributed by atoms with Gasteiger partial charge in [0.2, 0.25) is 0 Å². The molecular formula is C22H39IN4. The zero-order valence-corrected chi connectivity index (χ0v) is 19.9. The van der Waals surface area contributed by atoms with Crippen molar-refractivity contribution in [2.45, 2.75) is 58.9 Å². The van der Waals surface area contributed by atoms with Gasteiger partial charge in [-0.25, -0.2) is 0 Å². The van der Waals surface area contributed by atoms with E-state index in [9.17, 15) is 0 Å². The number of guanidine groups is 1. The van der Waals surface area contributed by atoms with E-state index in [1.807, 2.05) is 0 Å². The van der Waals surface area contributed by atoms with Crippen LogP contribution in [0.15, 0.2) is 35.3 Å². The van der Waals surface area contributed by atoms with E-state index in [4.69, 9.17) is 4.99 Å². The molecule has 4 nitrogen and oxygen atoms in total. The molecule has 0 heterocycles. The Morgan fingerprint density at radius 1 is 1.19 bits per heavy atom. The highest BCUT2D eigenvalue weighted by Crippen LogP contribution is 2.47. The molecule has 1 fully saturated rings. The molecule has 1 saturated carbocycles. The van der Waals surface area contributed by atoms with Gasteiger partial charge in [-0.1, -0.05) is 44.2 Å². The predicted octanol–water partition coefficient (Wildman–Crippen LogP) is 4.47. The summed E-state index contributed by atoms with van der Waals surface area (Å²) in [5.41, 5.74) is 1.47. The molecular weight excluding hydrogens is 447 g/mol. The Balaban J connectivity index is 0.00000364. The molecule has 3 unspecified atom stereocenters. The van der Waals surface area contributed by atoms with Crippen LogP contribution in [0.25, 0.3) is 0 Å². The molecule has 2 rings (SSSR count). The van der Waals surface area contributed by atoms with Gasteiger partial charge in [0.25, 0.3) is 0 Å². The Hall–Kier alpha value is -0.820. The topological polar surface area (TPSA) is 39.7 Å². The second-order valence-corrected chi connectivity index (χ2v) is 7.45. The zero-order chi connectivity index (χ0) is 18.8. The highest BCUT2D eigenvalue weighted by atomic mass is 127. The van der Waals surface area contributed by atoms with Crippen molar-refractivity contribution in [3.8, 4) is 0 Å². The van der Waals surface area contributed by atoms with Crippen LogP contribution in [0.4, 0.5) is 0 Å². The third-order valence-corrected chi connectivity index (χ3v) is 5.37. The molecule has 0 aliphatic heterocycles. The number of nitrogens with zero attached hydrogens (tertiary/aromatic N) is 2. The van der Waals surface area contributed by atoms with Crippen LogP contribution in [0.2, 0.25) is 0 Å². The van der Waals surface area contributed by atoms with E-state index in [0.29, 0.717) is 17.9 Å². The van der Waals surface area contributed by atoms with Crippen molar-refractivity contribution < 1.29 is 0 Å². The molecule has 5 heteroatoms. The maximum Gasteiger partial charge on any atom is 0.191 e. The second kappa shape index (κ2) is 13.4. The SMILES string of the molecule is CCNC(=NCC1CC1c1ccccc1)NC(C)CCCN(CC)CC.I. The number of hydrogen-bond donors (Lipinski definition) is 2. The molecule has 0 spiro atoms. The van der Waals surface area contributed by atoms with Gasteiger partial charge in [-0.05, 0) is 70.1 Å². The predicted molar refractivity (Wildman–Crippen MR) is 128 cm³/mol. The van der Waals surface area contributed by atoms with Crippen molar-refractivity contribution in [1.29, 1.82) is 0 Å².